The molecule has 0 bridgehead atoms. The Kier molecular flexibility index (Phi) is 10.2. The molecule has 32 heavy (non-hydrogen) atoms. The van der Waals surface area contributed by atoms with Gasteiger partial charge in [0.25, 0.3) is 5.91 Å². The van der Waals surface area contributed by atoms with Gasteiger partial charge in [-0.2, -0.15) is 0 Å². The molecule has 0 aromatic heterocycles. The van der Waals surface area contributed by atoms with E-state index in [0.29, 0.717) is 42.9 Å². The standard InChI is InChI=1S/C24H32N4O4/c1-28(2)23(30)12-11-18-7-4-10-21(15-18)27-22(29)17-26-20-9-5-8-19(16-20)24(31)25-13-6-14-32-3/h4-5,7-10,15-16,26H,6,11-14,17H2,1-3H3,(H,25,31)(H,27,29). The molecule has 8 nitrogen and oxygen atoms in total. The van der Waals surface area contributed by atoms with Crippen molar-refractivity contribution in [2.45, 2.75) is 19.3 Å². The molecule has 3 amide bonds. The van der Waals surface area contributed by atoms with E-state index >= 15 is 0 Å². The molecule has 2 aromatic carbocycles. The zero-order chi connectivity index (χ0) is 23.3. The molecule has 0 radical (unpaired) electrons. The van der Waals surface area contributed by atoms with Gasteiger partial charge in [0.1, 0.15) is 0 Å². The van der Waals surface area contributed by atoms with Gasteiger partial charge in [-0.15, -0.1) is 0 Å². The third-order valence-electron chi connectivity index (χ3n) is 4.73. The Morgan fingerprint density at radius 3 is 2.50 bits per heavy atom. The predicted molar refractivity (Wildman–Crippen MR) is 126 cm³/mol. The Morgan fingerprint density at radius 1 is 1.00 bits per heavy atom. The number of benzene rings is 2. The number of aryl methyl sites for hydroxylation is 1. The maximum Gasteiger partial charge on any atom is 0.251 e. The average Bonchev–Trinajstić information content (AvgIpc) is 2.79. The number of amides is 3. The first kappa shape index (κ1) is 24.9. The van der Waals surface area contributed by atoms with Gasteiger partial charge in [-0.3, -0.25) is 14.4 Å². The van der Waals surface area contributed by atoms with Gasteiger partial charge >= 0.3 is 0 Å². The molecule has 172 valence electrons. The number of methoxy groups -OCH3 is 1. The van der Waals surface area contributed by atoms with E-state index in [-0.39, 0.29) is 24.3 Å². The lowest BCUT2D eigenvalue weighted by Crippen LogP contribution is -2.25. The fourth-order valence-electron chi connectivity index (χ4n) is 2.96. The third kappa shape index (κ3) is 8.77. The Labute approximate surface area is 189 Å². The molecule has 8 heteroatoms. The van der Waals surface area contributed by atoms with Crippen LogP contribution in [0.15, 0.2) is 48.5 Å². The van der Waals surface area contributed by atoms with Crippen LogP contribution in [-0.4, -0.2) is 63.5 Å². The van der Waals surface area contributed by atoms with Crippen molar-refractivity contribution in [2.75, 3.05) is 51.5 Å². The molecule has 0 aliphatic heterocycles. The second kappa shape index (κ2) is 13.1. The minimum atomic E-state index is -0.207. The molecule has 2 rings (SSSR count). The summed E-state index contributed by atoms with van der Waals surface area (Å²) in [4.78, 5) is 37.9. The third-order valence-corrected chi connectivity index (χ3v) is 4.73. The van der Waals surface area contributed by atoms with E-state index in [1.807, 2.05) is 24.3 Å². The van der Waals surface area contributed by atoms with Crippen LogP contribution < -0.4 is 16.0 Å². The lowest BCUT2D eigenvalue weighted by molar-refractivity contribution is -0.128. The van der Waals surface area contributed by atoms with E-state index in [9.17, 15) is 14.4 Å². The van der Waals surface area contributed by atoms with Gasteiger partial charge in [-0.1, -0.05) is 18.2 Å². The average molecular weight is 441 g/mol. The molecule has 0 heterocycles. The molecule has 0 aliphatic rings. The van der Waals surface area contributed by atoms with Crippen molar-refractivity contribution in [1.82, 2.24) is 10.2 Å². The van der Waals surface area contributed by atoms with Crippen molar-refractivity contribution in [3.05, 3.63) is 59.7 Å². The van der Waals surface area contributed by atoms with E-state index in [1.165, 1.54) is 0 Å². The lowest BCUT2D eigenvalue weighted by Gasteiger charge is -2.11. The quantitative estimate of drug-likeness (QED) is 0.441. The Balaban J connectivity index is 1.83. The largest absolute Gasteiger partial charge is 0.385 e. The van der Waals surface area contributed by atoms with E-state index in [2.05, 4.69) is 16.0 Å². The van der Waals surface area contributed by atoms with Crippen LogP contribution in [0, 0.1) is 0 Å². The van der Waals surface area contributed by atoms with E-state index < -0.39 is 0 Å². The highest BCUT2D eigenvalue weighted by Gasteiger charge is 2.08. The molecule has 0 aliphatic carbocycles. The fourth-order valence-corrected chi connectivity index (χ4v) is 2.96. The summed E-state index contributed by atoms with van der Waals surface area (Å²) in [5, 5.41) is 8.73. The molecule has 0 saturated carbocycles. The van der Waals surface area contributed by atoms with Crippen molar-refractivity contribution >= 4 is 29.1 Å². The van der Waals surface area contributed by atoms with Crippen LogP contribution in [0.25, 0.3) is 0 Å². The molecule has 0 unspecified atom stereocenters. The number of ether oxygens (including phenoxy) is 1. The second-order valence-corrected chi connectivity index (χ2v) is 7.57. The maximum atomic E-state index is 12.3. The number of nitrogens with zero attached hydrogens (tertiary/aromatic N) is 1. The first-order valence-electron chi connectivity index (χ1n) is 10.6. The van der Waals surface area contributed by atoms with Crippen molar-refractivity contribution in [3.63, 3.8) is 0 Å². The summed E-state index contributed by atoms with van der Waals surface area (Å²) in [6, 6.07) is 14.5. The minimum absolute atomic E-state index is 0.0578. The van der Waals surface area contributed by atoms with Gasteiger partial charge in [0.2, 0.25) is 11.8 Å². The molecule has 0 spiro atoms. The Bertz CT molecular complexity index is 914. The SMILES string of the molecule is COCCCNC(=O)c1cccc(NCC(=O)Nc2cccc(CCC(=O)N(C)C)c2)c1. The number of hydrogen-bond donors (Lipinski definition) is 3. The van der Waals surface area contributed by atoms with Crippen molar-refractivity contribution in [2.24, 2.45) is 0 Å². The Hall–Kier alpha value is -3.39. The summed E-state index contributed by atoms with van der Waals surface area (Å²) in [6.45, 7) is 1.19. The molecule has 0 saturated heterocycles. The summed E-state index contributed by atoms with van der Waals surface area (Å²) >= 11 is 0. The van der Waals surface area contributed by atoms with Crippen LogP contribution in [0.4, 0.5) is 11.4 Å². The molecular weight excluding hydrogens is 408 g/mol. The number of hydrogen-bond acceptors (Lipinski definition) is 5. The molecule has 3 N–H and O–H groups in total. The van der Waals surface area contributed by atoms with Gasteiger partial charge in [0, 0.05) is 57.7 Å². The van der Waals surface area contributed by atoms with Crippen LogP contribution in [0.2, 0.25) is 0 Å². The minimum Gasteiger partial charge on any atom is -0.385 e. The topological polar surface area (TPSA) is 99.8 Å². The summed E-state index contributed by atoms with van der Waals surface area (Å²) in [5.74, 6) is -0.311. The smallest absolute Gasteiger partial charge is 0.251 e. The van der Waals surface area contributed by atoms with Gasteiger partial charge in [-0.05, 0) is 48.7 Å². The van der Waals surface area contributed by atoms with Crippen LogP contribution >= 0.6 is 0 Å². The van der Waals surface area contributed by atoms with Crippen molar-refractivity contribution in [1.29, 1.82) is 0 Å². The maximum absolute atomic E-state index is 12.3. The van der Waals surface area contributed by atoms with Crippen molar-refractivity contribution < 1.29 is 19.1 Å². The second-order valence-electron chi connectivity index (χ2n) is 7.57. The van der Waals surface area contributed by atoms with Crippen LogP contribution in [0.1, 0.15) is 28.8 Å². The monoisotopic (exact) mass is 440 g/mol. The number of rotatable bonds is 12. The van der Waals surface area contributed by atoms with E-state index in [4.69, 9.17) is 4.74 Å². The Morgan fingerprint density at radius 2 is 1.75 bits per heavy atom. The lowest BCUT2D eigenvalue weighted by atomic mass is 10.1. The summed E-state index contributed by atoms with van der Waals surface area (Å²) in [6.07, 6.45) is 1.77. The van der Waals surface area contributed by atoms with Gasteiger partial charge in [0.15, 0.2) is 0 Å². The zero-order valence-corrected chi connectivity index (χ0v) is 18.9. The predicted octanol–water partition coefficient (Wildman–Crippen LogP) is 2.52. The summed E-state index contributed by atoms with van der Waals surface area (Å²) in [5.41, 5.74) is 2.86. The molecule has 0 fully saturated rings. The van der Waals surface area contributed by atoms with E-state index in [1.54, 1.807) is 50.4 Å². The summed E-state index contributed by atoms with van der Waals surface area (Å²) in [7, 11) is 5.09. The molecule has 2 aromatic rings. The van der Waals surface area contributed by atoms with Gasteiger partial charge < -0.3 is 25.6 Å². The first-order chi connectivity index (χ1) is 15.4. The highest BCUT2D eigenvalue weighted by Crippen LogP contribution is 2.14. The van der Waals surface area contributed by atoms with E-state index in [0.717, 1.165) is 12.0 Å². The highest BCUT2D eigenvalue weighted by molar-refractivity contribution is 5.96. The fraction of sp³-hybridized carbons (Fsp3) is 0.375. The number of carbonyl (C=O) groups excluding carboxylic acids is 3. The van der Waals surface area contributed by atoms with Gasteiger partial charge in [0.05, 0.1) is 6.54 Å². The molecule has 0 atom stereocenters. The van der Waals surface area contributed by atoms with Crippen molar-refractivity contribution in [3.8, 4) is 0 Å². The van der Waals surface area contributed by atoms with Crippen LogP contribution in [-0.2, 0) is 20.7 Å². The van der Waals surface area contributed by atoms with Crippen LogP contribution in [0.5, 0.6) is 0 Å². The van der Waals surface area contributed by atoms with Gasteiger partial charge in [-0.25, -0.2) is 0 Å². The highest BCUT2D eigenvalue weighted by atomic mass is 16.5. The van der Waals surface area contributed by atoms with Crippen LogP contribution in [0.3, 0.4) is 0 Å². The normalized spacial score (nSPS) is 10.3. The number of carbonyl (C=O) groups is 3. The zero-order valence-electron chi connectivity index (χ0n) is 18.9. The summed E-state index contributed by atoms with van der Waals surface area (Å²) < 4.78 is 4.97. The number of anilines is 2. The molecular formula is C24H32N4O4. The first-order valence-corrected chi connectivity index (χ1v) is 10.6. The number of nitrogens with one attached hydrogen (secondary N) is 3.